The smallest absolute Gasteiger partial charge is 0.149 e. The summed E-state index contributed by atoms with van der Waals surface area (Å²) in [6.07, 6.45) is 0.884. The van der Waals surface area contributed by atoms with Gasteiger partial charge in [-0.2, -0.15) is 0 Å². The van der Waals surface area contributed by atoms with Crippen LogP contribution in [0, 0.1) is 5.92 Å². The predicted octanol–water partition coefficient (Wildman–Crippen LogP) is 1.30. The first-order chi connectivity index (χ1) is 6.26. The van der Waals surface area contributed by atoms with Gasteiger partial charge in [0.1, 0.15) is 5.78 Å². The molecule has 14 heavy (non-hydrogen) atoms. The molecule has 0 radical (unpaired) electrons. The minimum atomic E-state index is -0.732. The molecule has 0 aromatic rings. The molecule has 0 saturated carbocycles. The highest BCUT2D eigenvalue weighted by Crippen LogP contribution is 2.06. The number of nitrogens with zero attached hydrogens (tertiary/aromatic N) is 1. The molecule has 1 unspecified atom stereocenters. The summed E-state index contributed by atoms with van der Waals surface area (Å²) in [5.41, 5.74) is -0.732. The summed E-state index contributed by atoms with van der Waals surface area (Å²) in [6, 6.07) is 0. The molecule has 0 saturated heterocycles. The fourth-order valence-electron chi connectivity index (χ4n) is 1.37. The zero-order chi connectivity index (χ0) is 11.4. The highest BCUT2D eigenvalue weighted by Gasteiger charge is 2.19. The first kappa shape index (κ1) is 13.6. The van der Waals surface area contributed by atoms with Gasteiger partial charge in [-0.05, 0) is 27.3 Å². The van der Waals surface area contributed by atoms with Crippen LogP contribution < -0.4 is 0 Å². The van der Waals surface area contributed by atoms with E-state index in [0.29, 0.717) is 13.1 Å². The Morgan fingerprint density at radius 3 is 2.36 bits per heavy atom. The van der Waals surface area contributed by atoms with Crippen molar-refractivity contribution in [3.05, 3.63) is 0 Å². The van der Waals surface area contributed by atoms with Gasteiger partial charge in [0.2, 0.25) is 0 Å². The summed E-state index contributed by atoms with van der Waals surface area (Å²) in [4.78, 5) is 13.4. The highest BCUT2D eigenvalue weighted by molar-refractivity contribution is 5.82. The zero-order valence-electron chi connectivity index (χ0n) is 10.0. The van der Waals surface area contributed by atoms with Gasteiger partial charge in [-0.15, -0.1) is 0 Å². The summed E-state index contributed by atoms with van der Waals surface area (Å²) in [5.74, 6) is 0.374. The van der Waals surface area contributed by atoms with Crippen molar-refractivity contribution in [2.24, 2.45) is 5.92 Å². The molecular formula is C11H23NO2. The number of aliphatic hydroxyl groups is 1. The number of carbonyl (C=O) groups is 1. The molecule has 0 heterocycles. The monoisotopic (exact) mass is 201 g/mol. The minimum Gasteiger partial charge on any atom is -0.389 e. The molecular weight excluding hydrogens is 178 g/mol. The molecule has 1 N–H and O–H groups in total. The zero-order valence-corrected chi connectivity index (χ0v) is 10.0. The summed E-state index contributed by atoms with van der Waals surface area (Å²) in [5, 5.41) is 9.54. The predicted molar refractivity (Wildman–Crippen MR) is 58.3 cm³/mol. The van der Waals surface area contributed by atoms with E-state index in [1.54, 1.807) is 13.8 Å². The van der Waals surface area contributed by atoms with Crippen LogP contribution in [0.25, 0.3) is 0 Å². The second kappa shape index (κ2) is 5.47. The summed E-state index contributed by atoms with van der Waals surface area (Å²) in [6.45, 7) is 8.40. The molecule has 3 nitrogen and oxygen atoms in total. The Labute approximate surface area is 87.1 Å². The molecule has 0 bridgehead atoms. The van der Waals surface area contributed by atoms with E-state index in [-0.39, 0.29) is 11.7 Å². The van der Waals surface area contributed by atoms with Gasteiger partial charge in [0, 0.05) is 12.5 Å². The molecule has 0 aliphatic carbocycles. The maximum atomic E-state index is 11.5. The normalized spacial score (nSPS) is 14.5. The number of ketones is 1. The molecule has 0 spiro atoms. The Morgan fingerprint density at radius 2 is 2.00 bits per heavy atom. The number of carbonyl (C=O) groups excluding carboxylic acids is 1. The third-order valence-electron chi connectivity index (χ3n) is 2.24. The number of likely N-dealkylation sites (N-methyl/N-ethyl adjacent to an activating group) is 1. The van der Waals surface area contributed by atoms with E-state index in [0.717, 1.165) is 6.42 Å². The van der Waals surface area contributed by atoms with E-state index >= 15 is 0 Å². The molecule has 0 fully saturated rings. The largest absolute Gasteiger partial charge is 0.389 e. The van der Waals surface area contributed by atoms with Crippen LogP contribution in [0.2, 0.25) is 0 Å². The van der Waals surface area contributed by atoms with Crippen molar-refractivity contribution in [3.8, 4) is 0 Å². The highest BCUT2D eigenvalue weighted by atomic mass is 16.3. The van der Waals surface area contributed by atoms with Gasteiger partial charge >= 0.3 is 0 Å². The Kier molecular flexibility index (Phi) is 5.31. The molecule has 0 aliphatic heterocycles. The van der Waals surface area contributed by atoms with Crippen molar-refractivity contribution < 1.29 is 9.90 Å². The molecule has 0 rings (SSSR count). The van der Waals surface area contributed by atoms with E-state index < -0.39 is 5.60 Å². The summed E-state index contributed by atoms with van der Waals surface area (Å²) in [7, 11) is 1.86. The van der Waals surface area contributed by atoms with Gasteiger partial charge < -0.3 is 5.11 Å². The Bertz CT molecular complexity index is 184. The molecule has 0 amide bonds. The lowest BCUT2D eigenvalue weighted by Gasteiger charge is -2.25. The molecule has 1 atom stereocenters. The molecule has 0 aliphatic rings. The van der Waals surface area contributed by atoms with Crippen LogP contribution in [0.5, 0.6) is 0 Å². The number of Topliss-reactive ketones (excluding diaryl/α,β-unsaturated/α-hetero) is 1. The lowest BCUT2D eigenvalue weighted by atomic mass is 10.0. The average Bonchev–Trinajstić information content (AvgIpc) is 1.99. The van der Waals surface area contributed by atoms with Crippen LogP contribution in [-0.2, 0) is 4.79 Å². The van der Waals surface area contributed by atoms with Crippen molar-refractivity contribution in [1.82, 2.24) is 4.90 Å². The minimum absolute atomic E-state index is 0.124. The third-order valence-corrected chi connectivity index (χ3v) is 2.24. The van der Waals surface area contributed by atoms with Crippen molar-refractivity contribution in [1.29, 1.82) is 0 Å². The van der Waals surface area contributed by atoms with Gasteiger partial charge in [0.25, 0.3) is 0 Å². The van der Waals surface area contributed by atoms with Crippen LogP contribution in [0.4, 0.5) is 0 Å². The summed E-state index contributed by atoms with van der Waals surface area (Å²) < 4.78 is 0. The topological polar surface area (TPSA) is 40.5 Å². The van der Waals surface area contributed by atoms with Crippen LogP contribution in [0.3, 0.4) is 0 Å². The van der Waals surface area contributed by atoms with E-state index in [2.05, 4.69) is 0 Å². The van der Waals surface area contributed by atoms with Crippen LogP contribution >= 0.6 is 0 Å². The number of rotatable bonds is 6. The van der Waals surface area contributed by atoms with Crippen molar-refractivity contribution in [2.75, 3.05) is 20.1 Å². The van der Waals surface area contributed by atoms with Gasteiger partial charge in [-0.25, -0.2) is 0 Å². The Balaban J connectivity index is 3.95. The van der Waals surface area contributed by atoms with Crippen LogP contribution in [-0.4, -0.2) is 41.5 Å². The molecule has 3 heteroatoms. The molecule has 0 aromatic carbocycles. The first-order valence-corrected chi connectivity index (χ1v) is 5.20. The lowest BCUT2D eigenvalue weighted by Crippen LogP contribution is -2.39. The lowest BCUT2D eigenvalue weighted by molar-refractivity contribution is -0.123. The maximum absolute atomic E-state index is 11.5. The van der Waals surface area contributed by atoms with E-state index in [1.807, 2.05) is 25.8 Å². The first-order valence-electron chi connectivity index (χ1n) is 5.20. The van der Waals surface area contributed by atoms with Gasteiger partial charge in [-0.3, -0.25) is 9.69 Å². The van der Waals surface area contributed by atoms with Crippen LogP contribution in [0.1, 0.15) is 34.1 Å². The van der Waals surface area contributed by atoms with E-state index in [1.165, 1.54) is 0 Å². The average molecular weight is 201 g/mol. The quantitative estimate of drug-likeness (QED) is 0.704. The van der Waals surface area contributed by atoms with Crippen LogP contribution in [0.15, 0.2) is 0 Å². The third kappa shape index (κ3) is 6.11. The summed E-state index contributed by atoms with van der Waals surface area (Å²) >= 11 is 0. The fourth-order valence-corrected chi connectivity index (χ4v) is 1.37. The number of hydrogen-bond donors (Lipinski definition) is 1. The second-order valence-electron chi connectivity index (χ2n) is 4.76. The maximum Gasteiger partial charge on any atom is 0.149 e. The van der Waals surface area contributed by atoms with Crippen molar-refractivity contribution in [2.45, 2.75) is 39.7 Å². The van der Waals surface area contributed by atoms with Gasteiger partial charge in [0.05, 0.1) is 12.1 Å². The molecule has 84 valence electrons. The molecule has 0 aromatic heterocycles. The van der Waals surface area contributed by atoms with E-state index in [4.69, 9.17) is 0 Å². The van der Waals surface area contributed by atoms with Gasteiger partial charge in [0.15, 0.2) is 0 Å². The second-order valence-corrected chi connectivity index (χ2v) is 4.76. The van der Waals surface area contributed by atoms with Crippen molar-refractivity contribution in [3.63, 3.8) is 0 Å². The number of hydrogen-bond acceptors (Lipinski definition) is 3. The fraction of sp³-hybridized carbons (Fsp3) is 0.909. The Hall–Kier alpha value is -0.410. The van der Waals surface area contributed by atoms with Crippen molar-refractivity contribution >= 4 is 5.78 Å². The van der Waals surface area contributed by atoms with E-state index in [9.17, 15) is 9.90 Å². The van der Waals surface area contributed by atoms with Gasteiger partial charge in [-0.1, -0.05) is 13.8 Å². The SMILES string of the molecule is CCC(C)C(=O)CN(C)CC(C)(C)O. The Morgan fingerprint density at radius 1 is 1.50 bits per heavy atom. The standard InChI is InChI=1S/C11H23NO2/c1-6-9(2)10(13)7-12(5)8-11(3,4)14/h9,14H,6-8H2,1-5H3.